The summed E-state index contributed by atoms with van der Waals surface area (Å²) in [7, 11) is -1.97. The van der Waals surface area contributed by atoms with E-state index in [2.05, 4.69) is 5.32 Å². The zero-order chi connectivity index (χ0) is 18.7. The minimum atomic E-state index is -3.47. The maximum Gasteiger partial charge on any atom is 0.321 e. The fraction of sp³-hybridized carbons (Fsp3) is 0.278. The minimum absolute atomic E-state index is 0.145. The first-order valence-electron chi connectivity index (χ1n) is 8.10. The molecule has 0 aliphatic carbocycles. The fourth-order valence-electron chi connectivity index (χ4n) is 2.94. The van der Waals surface area contributed by atoms with Gasteiger partial charge < -0.3 is 15.0 Å². The summed E-state index contributed by atoms with van der Waals surface area (Å²) in [5.74, 6) is 0.482. The van der Waals surface area contributed by atoms with Crippen molar-refractivity contribution in [3.05, 3.63) is 53.6 Å². The van der Waals surface area contributed by atoms with Gasteiger partial charge in [0.05, 0.1) is 22.9 Å². The van der Waals surface area contributed by atoms with Crippen LogP contribution in [-0.2, 0) is 9.84 Å². The van der Waals surface area contributed by atoms with Crippen LogP contribution < -0.4 is 10.1 Å². The van der Waals surface area contributed by atoms with Gasteiger partial charge in [0, 0.05) is 18.1 Å². The van der Waals surface area contributed by atoms with E-state index < -0.39 is 15.1 Å². The number of likely N-dealkylation sites (tertiary alicyclic amines) is 1. The first kappa shape index (κ1) is 18.5. The Balaban J connectivity index is 1.71. The molecule has 138 valence electrons. The molecule has 1 heterocycles. The number of nitrogens with zero attached hydrogens (tertiary/aromatic N) is 1. The van der Waals surface area contributed by atoms with Crippen LogP contribution in [0.25, 0.3) is 0 Å². The van der Waals surface area contributed by atoms with Crippen molar-refractivity contribution in [2.45, 2.75) is 16.6 Å². The summed E-state index contributed by atoms with van der Waals surface area (Å²) in [6, 6.07) is 12.8. The van der Waals surface area contributed by atoms with Crippen molar-refractivity contribution in [3.8, 4) is 5.75 Å². The van der Waals surface area contributed by atoms with Gasteiger partial charge in [-0.25, -0.2) is 13.2 Å². The van der Waals surface area contributed by atoms with Gasteiger partial charge >= 0.3 is 6.03 Å². The molecular weight excluding hydrogens is 376 g/mol. The largest absolute Gasteiger partial charge is 0.495 e. The van der Waals surface area contributed by atoms with Crippen molar-refractivity contribution in [1.82, 2.24) is 4.90 Å². The monoisotopic (exact) mass is 394 g/mol. The highest BCUT2D eigenvalue weighted by Crippen LogP contribution is 2.29. The number of amides is 2. The molecule has 6 nitrogen and oxygen atoms in total. The van der Waals surface area contributed by atoms with E-state index in [1.54, 1.807) is 48.5 Å². The van der Waals surface area contributed by atoms with Gasteiger partial charge in [0.15, 0.2) is 9.84 Å². The van der Waals surface area contributed by atoms with Gasteiger partial charge in [0.25, 0.3) is 0 Å². The lowest BCUT2D eigenvalue weighted by Crippen LogP contribution is -2.35. The highest BCUT2D eigenvalue weighted by molar-refractivity contribution is 7.92. The average molecular weight is 395 g/mol. The number of methoxy groups -OCH3 is 1. The van der Waals surface area contributed by atoms with Gasteiger partial charge in [0.2, 0.25) is 0 Å². The predicted octanol–water partition coefficient (Wildman–Crippen LogP) is 3.43. The minimum Gasteiger partial charge on any atom is -0.495 e. The van der Waals surface area contributed by atoms with Gasteiger partial charge in [-0.2, -0.15) is 0 Å². The van der Waals surface area contributed by atoms with Gasteiger partial charge in [-0.05, 0) is 36.8 Å². The van der Waals surface area contributed by atoms with Crippen LogP contribution in [0.2, 0.25) is 5.02 Å². The number of benzene rings is 2. The van der Waals surface area contributed by atoms with Gasteiger partial charge in [-0.1, -0.05) is 29.8 Å². The Morgan fingerprint density at radius 3 is 2.65 bits per heavy atom. The zero-order valence-corrected chi connectivity index (χ0v) is 15.8. The lowest BCUT2D eigenvalue weighted by atomic mass is 10.3. The summed E-state index contributed by atoms with van der Waals surface area (Å²) in [5.41, 5.74) is 0.444. The molecule has 3 rings (SSSR count). The Bertz CT molecular complexity index is 903. The predicted molar refractivity (Wildman–Crippen MR) is 101 cm³/mol. The molecule has 2 aromatic rings. The van der Waals surface area contributed by atoms with Crippen LogP contribution in [0.1, 0.15) is 6.42 Å². The van der Waals surface area contributed by atoms with E-state index in [4.69, 9.17) is 16.3 Å². The Hall–Kier alpha value is -2.25. The van der Waals surface area contributed by atoms with Crippen molar-refractivity contribution in [1.29, 1.82) is 0 Å². The molecule has 1 N–H and O–H groups in total. The van der Waals surface area contributed by atoms with Crippen molar-refractivity contribution < 1.29 is 17.9 Å². The molecule has 1 aliphatic heterocycles. The molecule has 0 bridgehead atoms. The van der Waals surface area contributed by atoms with Crippen LogP contribution in [0.3, 0.4) is 0 Å². The van der Waals surface area contributed by atoms with Gasteiger partial charge in [0.1, 0.15) is 5.75 Å². The molecule has 0 spiro atoms. The molecular formula is C18H19ClN2O4S. The average Bonchev–Trinajstić information content (AvgIpc) is 3.14. The first-order chi connectivity index (χ1) is 12.4. The van der Waals surface area contributed by atoms with E-state index >= 15 is 0 Å². The maximum absolute atomic E-state index is 12.7. The molecule has 1 atom stereocenters. The topological polar surface area (TPSA) is 75.7 Å². The van der Waals surface area contributed by atoms with E-state index in [0.29, 0.717) is 29.4 Å². The van der Waals surface area contributed by atoms with Crippen LogP contribution >= 0.6 is 11.6 Å². The number of anilines is 1. The number of sulfone groups is 1. The number of hydrogen-bond donors (Lipinski definition) is 1. The van der Waals surface area contributed by atoms with Crippen LogP contribution in [0.5, 0.6) is 5.75 Å². The van der Waals surface area contributed by atoms with E-state index in [0.717, 1.165) is 0 Å². The number of carbonyl (C=O) groups is 1. The third-order valence-corrected chi connectivity index (χ3v) is 6.77. The number of carbonyl (C=O) groups excluding carboxylic acids is 1. The standard InChI is InChI=1S/C18H19ClN2O4S/c1-25-17-8-7-13(19)11-16(17)20-18(22)21-10-9-15(12-21)26(23,24)14-5-3-2-4-6-14/h2-8,11,15H,9-10,12H2,1H3,(H,20,22)/t15-/m0/s1. The fourth-order valence-corrected chi connectivity index (χ4v) is 4.83. The lowest BCUT2D eigenvalue weighted by Gasteiger charge is -2.19. The van der Waals surface area contributed by atoms with Crippen molar-refractivity contribution in [3.63, 3.8) is 0 Å². The highest BCUT2D eigenvalue weighted by Gasteiger charge is 2.36. The molecule has 0 aromatic heterocycles. The Morgan fingerprint density at radius 1 is 1.23 bits per heavy atom. The van der Waals surface area contributed by atoms with E-state index in [9.17, 15) is 13.2 Å². The second-order valence-electron chi connectivity index (χ2n) is 5.99. The lowest BCUT2D eigenvalue weighted by molar-refractivity contribution is 0.222. The van der Waals surface area contributed by atoms with Crippen molar-refractivity contribution >= 4 is 33.2 Å². The van der Waals surface area contributed by atoms with Crippen LogP contribution in [0.4, 0.5) is 10.5 Å². The van der Waals surface area contributed by atoms with Crippen LogP contribution in [0, 0.1) is 0 Å². The van der Waals surface area contributed by atoms with E-state index in [1.807, 2.05) is 0 Å². The normalized spacial score (nSPS) is 17.2. The van der Waals surface area contributed by atoms with E-state index in [1.165, 1.54) is 12.0 Å². The number of hydrogen-bond acceptors (Lipinski definition) is 4. The Labute approximate surface area is 157 Å². The second kappa shape index (κ2) is 7.55. The molecule has 1 saturated heterocycles. The Kier molecular flexibility index (Phi) is 5.38. The smallest absolute Gasteiger partial charge is 0.321 e. The summed E-state index contributed by atoms with van der Waals surface area (Å²) in [6.07, 6.45) is 0.400. The van der Waals surface area contributed by atoms with E-state index in [-0.39, 0.29) is 17.5 Å². The van der Waals surface area contributed by atoms with Gasteiger partial charge in [-0.3, -0.25) is 0 Å². The third kappa shape index (κ3) is 3.78. The number of halogens is 1. The van der Waals surface area contributed by atoms with Crippen molar-refractivity contribution in [2.24, 2.45) is 0 Å². The highest BCUT2D eigenvalue weighted by atomic mass is 35.5. The molecule has 8 heteroatoms. The number of ether oxygens (including phenoxy) is 1. The Morgan fingerprint density at radius 2 is 1.96 bits per heavy atom. The summed E-state index contributed by atoms with van der Waals surface area (Å²) in [6.45, 7) is 0.511. The number of urea groups is 1. The summed E-state index contributed by atoms with van der Waals surface area (Å²) < 4.78 is 30.6. The molecule has 26 heavy (non-hydrogen) atoms. The van der Waals surface area contributed by atoms with Crippen LogP contribution in [0.15, 0.2) is 53.4 Å². The van der Waals surface area contributed by atoms with Crippen molar-refractivity contribution in [2.75, 3.05) is 25.5 Å². The molecule has 1 aliphatic rings. The first-order valence-corrected chi connectivity index (χ1v) is 10.0. The molecule has 0 unspecified atom stereocenters. The summed E-state index contributed by atoms with van der Waals surface area (Å²) in [5, 5.41) is 2.59. The molecule has 1 fully saturated rings. The SMILES string of the molecule is COc1ccc(Cl)cc1NC(=O)N1CC[C@H](S(=O)(=O)c2ccccc2)C1. The quantitative estimate of drug-likeness (QED) is 0.861. The van der Waals surface area contributed by atoms with Crippen LogP contribution in [-0.4, -0.2) is 44.8 Å². The molecule has 2 aromatic carbocycles. The third-order valence-electron chi connectivity index (χ3n) is 4.35. The summed E-state index contributed by atoms with van der Waals surface area (Å²) >= 11 is 5.97. The maximum atomic E-state index is 12.7. The molecule has 2 amide bonds. The second-order valence-corrected chi connectivity index (χ2v) is 8.65. The number of nitrogens with one attached hydrogen (secondary N) is 1. The molecule has 0 radical (unpaired) electrons. The number of rotatable bonds is 4. The molecule has 0 saturated carbocycles. The summed E-state index contributed by atoms with van der Waals surface area (Å²) in [4.78, 5) is 14.3. The van der Waals surface area contributed by atoms with Gasteiger partial charge in [-0.15, -0.1) is 0 Å². The zero-order valence-electron chi connectivity index (χ0n) is 14.2.